The van der Waals surface area contributed by atoms with Gasteiger partial charge in [0.15, 0.2) is 0 Å². The van der Waals surface area contributed by atoms with E-state index in [1.807, 2.05) is 0 Å². The van der Waals surface area contributed by atoms with E-state index in [-0.39, 0.29) is 20.9 Å². The Labute approximate surface area is 115 Å². The second-order valence-corrected chi connectivity index (χ2v) is 4.49. The first-order valence-corrected chi connectivity index (χ1v) is 5.69. The van der Waals surface area contributed by atoms with Crippen LogP contribution in [0.1, 0.15) is 5.82 Å². The molecule has 0 saturated carbocycles. The van der Waals surface area contributed by atoms with Crippen LogP contribution in [0.4, 0.5) is 17.6 Å². The second-order valence-electron chi connectivity index (χ2n) is 3.64. The molecule has 0 bridgehead atoms. The molecule has 19 heavy (non-hydrogen) atoms. The summed E-state index contributed by atoms with van der Waals surface area (Å²) in [5.41, 5.74) is 0.151. The van der Waals surface area contributed by atoms with Gasteiger partial charge in [0.05, 0.1) is 5.69 Å². The van der Waals surface area contributed by atoms with Crippen molar-refractivity contribution in [3.05, 3.63) is 45.6 Å². The van der Waals surface area contributed by atoms with Crippen molar-refractivity contribution in [2.45, 2.75) is 6.18 Å². The lowest BCUT2D eigenvalue weighted by Crippen LogP contribution is -2.11. The minimum Gasteiger partial charge on any atom is -0.335 e. The average molecular weight is 309 g/mol. The maximum atomic E-state index is 13.2. The van der Waals surface area contributed by atoms with Gasteiger partial charge in [-0.15, -0.1) is 0 Å². The van der Waals surface area contributed by atoms with Gasteiger partial charge in [-0.1, -0.05) is 23.8 Å². The summed E-state index contributed by atoms with van der Waals surface area (Å²) < 4.78 is 50.7. The fraction of sp³-hybridized carbons (Fsp3) is 0.0909. The van der Waals surface area contributed by atoms with Crippen LogP contribution in [0.2, 0.25) is 5.02 Å². The molecule has 1 N–H and O–H groups in total. The van der Waals surface area contributed by atoms with E-state index in [0.717, 1.165) is 12.1 Å². The molecule has 0 fully saturated rings. The van der Waals surface area contributed by atoms with Crippen molar-refractivity contribution in [2.24, 2.45) is 0 Å². The number of benzene rings is 1. The first kappa shape index (κ1) is 14.0. The van der Waals surface area contributed by atoms with E-state index in [2.05, 4.69) is 22.2 Å². The Hall–Kier alpha value is -1.47. The van der Waals surface area contributed by atoms with E-state index in [1.165, 1.54) is 12.1 Å². The van der Waals surface area contributed by atoms with Crippen molar-refractivity contribution >= 4 is 23.8 Å². The number of hydrogen-bond acceptors (Lipinski definition) is 2. The predicted molar refractivity (Wildman–Crippen MR) is 64.8 cm³/mol. The van der Waals surface area contributed by atoms with Gasteiger partial charge in [0, 0.05) is 10.6 Å². The van der Waals surface area contributed by atoms with Crippen LogP contribution in [0.25, 0.3) is 11.3 Å². The van der Waals surface area contributed by atoms with Gasteiger partial charge in [-0.3, -0.25) is 0 Å². The van der Waals surface area contributed by atoms with E-state index < -0.39 is 17.8 Å². The maximum Gasteiger partial charge on any atom is 0.449 e. The van der Waals surface area contributed by atoms with Crippen LogP contribution >= 0.6 is 23.8 Å². The normalized spacial score (nSPS) is 11.6. The molecule has 2 aromatic rings. The lowest BCUT2D eigenvalue weighted by atomic mass is 10.1. The quantitative estimate of drug-likeness (QED) is 0.615. The standard InChI is InChI=1S/C11H5ClF4N2S/c12-6-1-5(2-7(13)3-6)8-4-9(19)18-10(17-8)11(14,15)16/h1-4H,(H,17,18,19). The molecule has 0 saturated heterocycles. The highest BCUT2D eigenvalue weighted by atomic mass is 35.5. The molecule has 2 rings (SSSR count). The zero-order valence-corrected chi connectivity index (χ0v) is 10.6. The molecule has 1 aromatic carbocycles. The summed E-state index contributed by atoms with van der Waals surface area (Å²) in [5.74, 6) is -1.90. The first-order chi connectivity index (χ1) is 8.75. The molecule has 1 heterocycles. The van der Waals surface area contributed by atoms with Gasteiger partial charge in [-0.25, -0.2) is 9.37 Å². The highest BCUT2D eigenvalue weighted by molar-refractivity contribution is 7.71. The summed E-state index contributed by atoms with van der Waals surface area (Å²) >= 11 is 10.3. The minimum atomic E-state index is -4.67. The number of nitrogens with one attached hydrogen (secondary N) is 1. The van der Waals surface area contributed by atoms with Gasteiger partial charge in [0.2, 0.25) is 5.82 Å². The Morgan fingerprint density at radius 1 is 1.16 bits per heavy atom. The number of nitrogens with zero attached hydrogens (tertiary/aromatic N) is 1. The molecule has 0 aliphatic carbocycles. The van der Waals surface area contributed by atoms with Gasteiger partial charge in [0.1, 0.15) is 10.5 Å². The zero-order chi connectivity index (χ0) is 14.2. The summed E-state index contributed by atoms with van der Waals surface area (Å²) in [6.07, 6.45) is -4.67. The van der Waals surface area contributed by atoms with Crippen molar-refractivity contribution < 1.29 is 17.6 Å². The Balaban J connectivity index is 2.63. The summed E-state index contributed by atoms with van der Waals surface area (Å²) in [6.45, 7) is 0. The lowest BCUT2D eigenvalue weighted by molar-refractivity contribution is -0.144. The highest BCUT2D eigenvalue weighted by Crippen LogP contribution is 2.29. The van der Waals surface area contributed by atoms with Crippen molar-refractivity contribution in [2.75, 3.05) is 0 Å². The molecule has 100 valence electrons. The van der Waals surface area contributed by atoms with Crippen LogP contribution in [0.5, 0.6) is 0 Å². The topological polar surface area (TPSA) is 28.7 Å². The molecule has 0 radical (unpaired) electrons. The molecule has 2 nitrogen and oxygen atoms in total. The maximum absolute atomic E-state index is 13.2. The van der Waals surface area contributed by atoms with Crippen LogP contribution in [0.15, 0.2) is 24.3 Å². The molecule has 0 amide bonds. The number of rotatable bonds is 1. The minimum absolute atomic E-state index is 0.00581. The van der Waals surface area contributed by atoms with Gasteiger partial charge in [-0.2, -0.15) is 13.2 Å². The highest BCUT2D eigenvalue weighted by Gasteiger charge is 2.34. The Morgan fingerprint density at radius 2 is 1.84 bits per heavy atom. The second kappa shape index (κ2) is 4.90. The Kier molecular flexibility index (Phi) is 3.60. The molecule has 0 spiro atoms. The zero-order valence-electron chi connectivity index (χ0n) is 9.05. The third-order valence-corrected chi connectivity index (χ3v) is 2.61. The third-order valence-electron chi connectivity index (χ3n) is 2.18. The lowest BCUT2D eigenvalue weighted by Gasteiger charge is -2.09. The summed E-state index contributed by atoms with van der Waals surface area (Å²) in [4.78, 5) is 5.25. The van der Waals surface area contributed by atoms with Gasteiger partial charge in [-0.05, 0) is 24.3 Å². The van der Waals surface area contributed by atoms with Gasteiger partial charge >= 0.3 is 6.18 Å². The number of halogens is 5. The van der Waals surface area contributed by atoms with Gasteiger partial charge < -0.3 is 4.98 Å². The third kappa shape index (κ3) is 3.30. The fourth-order valence-electron chi connectivity index (χ4n) is 1.46. The van der Waals surface area contributed by atoms with Crippen molar-refractivity contribution in [3.8, 4) is 11.3 Å². The molecule has 0 atom stereocenters. The molecular formula is C11H5ClF4N2S. The molecule has 8 heteroatoms. The summed E-state index contributed by atoms with van der Waals surface area (Å²) in [7, 11) is 0. The van der Waals surface area contributed by atoms with Crippen molar-refractivity contribution in [3.63, 3.8) is 0 Å². The van der Waals surface area contributed by atoms with E-state index in [1.54, 1.807) is 0 Å². The van der Waals surface area contributed by atoms with E-state index in [0.29, 0.717) is 0 Å². The summed E-state index contributed by atoms with van der Waals surface area (Å²) in [5, 5.41) is 0.0692. The number of aromatic amines is 1. The van der Waals surface area contributed by atoms with Crippen LogP contribution in [0, 0.1) is 10.5 Å². The van der Waals surface area contributed by atoms with Crippen LogP contribution in [0.3, 0.4) is 0 Å². The molecule has 0 unspecified atom stereocenters. The molecule has 1 aromatic heterocycles. The predicted octanol–water partition coefficient (Wildman–Crippen LogP) is 4.62. The number of hydrogen-bond donors (Lipinski definition) is 1. The van der Waals surface area contributed by atoms with E-state index in [4.69, 9.17) is 11.6 Å². The van der Waals surface area contributed by atoms with Crippen molar-refractivity contribution in [1.29, 1.82) is 0 Å². The first-order valence-electron chi connectivity index (χ1n) is 4.91. The van der Waals surface area contributed by atoms with Gasteiger partial charge in [0.25, 0.3) is 0 Å². The SMILES string of the molecule is Fc1cc(Cl)cc(-c2cc(=S)nc(C(F)(F)F)[nH]2)c1. The van der Waals surface area contributed by atoms with Crippen LogP contribution in [-0.4, -0.2) is 9.97 Å². The largest absolute Gasteiger partial charge is 0.449 e. The molecular weight excluding hydrogens is 304 g/mol. The number of alkyl halides is 3. The molecule has 0 aliphatic heterocycles. The molecule has 0 aliphatic rings. The smallest absolute Gasteiger partial charge is 0.335 e. The fourth-order valence-corrected chi connectivity index (χ4v) is 1.89. The number of H-pyrrole nitrogens is 1. The number of aromatic nitrogens is 2. The average Bonchev–Trinajstić information content (AvgIpc) is 2.25. The Bertz CT molecular complexity index is 661. The van der Waals surface area contributed by atoms with Crippen LogP contribution in [-0.2, 0) is 6.18 Å². The van der Waals surface area contributed by atoms with E-state index in [9.17, 15) is 17.6 Å². The Morgan fingerprint density at radius 3 is 2.42 bits per heavy atom. The van der Waals surface area contributed by atoms with Crippen molar-refractivity contribution in [1.82, 2.24) is 9.97 Å². The van der Waals surface area contributed by atoms with E-state index >= 15 is 0 Å². The summed E-state index contributed by atoms with van der Waals surface area (Å²) in [6, 6.07) is 4.62. The van der Waals surface area contributed by atoms with Crippen LogP contribution < -0.4 is 0 Å². The monoisotopic (exact) mass is 308 g/mol.